The summed E-state index contributed by atoms with van der Waals surface area (Å²) >= 11 is 0. The first-order chi connectivity index (χ1) is 11.5. The van der Waals surface area contributed by atoms with Gasteiger partial charge in [-0.1, -0.05) is 12.1 Å². The number of rotatable bonds is 4. The van der Waals surface area contributed by atoms with Crippen LogP contribution in [0.2, 0.25) is 0 Å². The van der Waals surface area contributed by atoms with Crippen molar-refractivity contribution in [1.29, 1.82) is 0 Å². The Morgan fingerprint density at radius 2 is 1.75 bits per heavy atom. The number of hydrogen-bond acceptors (Lipinski definition) is 6. The van der Waals surface area contributed by atoms with Crippen LogP contribution in [0.15, 0.2) is 41.3 Å². The lowest BCUT2D eigenvalue weighted by molar-refractivity contribution is 0.307. The highest BCUT2D eigenvalue weighted by Crippen LogP contribution is 2.17. The van der Waals surface area contributed by atoms with Gasteiger partial charge in [0.05, 0.1) is 5.69 Å². The molecule has 7 heteroatoms. The average molecular weight is 328 g/mol. The van der Waals surface area contributed by atoms with Crippen molar-refractivity contribution in [2.24, 2.45) is 11.5 Å². The van der Waals surface area contributed by atoms with E-state index < -0.39 is 0 Å². The summed E-state index contributed by atoms with van der Waals surface area (Å²) in [6.07, 6.45) is 4.44. The molecule has 0 spiro atoms. The highest BCUT2D eigenvalue weighted by Gasteiger charge is 2.23. The van der Waals surface area contributed by atoms with Crippen molar-refractivity contribution < 1.29 is 0 Å². The third-order valence-corrected chi connectivity index (χ3v) is 4.41. The fraction of sp³-hybridized carbons (Fsp3) is 0.412. The maximum atomic E-state index is 11.9. The molecule has 0 amide bonds. The Balaban J connectivity index is 1.63. The van der Waals surface area contributed by atoms with E-state index in [-0.39, 0.29) is 23.6 Å². The fourth-order valence-corrected chi connectivity index (χ4v) is 3.22. The number of nitrogen functional groups attached to an aromatic ring is 1. The predicted molar refractivity (Wildman–Crippen MR) is 94.7 cm³/mol. The molecule has 1 saturated carbocycles. The van der Waals surface area contributed by atoms with Gasteiger partial charge in [-0.25, -0.2) is 4.79 Å². The second-order valence-electron chi connectivity index (χ2n) is 6.48. The molecule has 1 aliphatic carbocycles. The average Bonchev–Trinajstić information content (AvgIpc) is 2.53. The SMILES string of the molecule is Nc1ccn(-c2ccc(CNC3C[C@@H](N)C[C@@H](N)C3)cc2)c(=O)n1. The van der Waals surface area contributed by atoms with E-state index in [1.54, 1.807) is 12.3 Å². The lowest BCUT2D eigenvalue weighted by Crippen LogP contribution is -2.47. The minimum absolute atomic E-state index is 0.179. The van der Waals surface area contributed by atoms with Crippen molar-refractivity contribution in [3.05, 3.63) is 52.6 Å². The van der Waals surface area contributed by atoms with Gasteiger partial charge < -0.3 is 22.5 Å². The summed E-state index contributed by atoms with van der Waals surface area (Å²) in [6.45, 7) is 0.749. The second kappa shape index (κ2) is 7.12. The van der Waals surface area contributed by atoms with Gasteiger partial charge in [-0.2, -0.15) is 4.98 Å². The Kier molecular flexibility index (Phi) is 4.94. The van der Waals surface area contributed by atoms with Gasteiger partial charge in [0.25, 0.3) is 0 Å². The Labute approximate surface area is 140 Å². The molecular weight excluding hydrogens is 304 g/mol. The van der Waals surface area contributed by atoms with Gasteiger partial charge in [0.15, 0.2) is 0 Å². The Hall–Kier alpha value is -2.22. The van der Waals surface area contributed by atoms with Gasteiger partial charge >= 0.3 is 5.69 Å². The van der Waals surface area contributed by atoms with E-state index in [4.69, 9.17) is 17.2 Å². The second-order valence-corrected chi connectivity index (χ2v) is 6.48. The fourth-order valence-electron chi connectivity index (χ4n) is 3.22. The molecule has 7 N–H and O–H groups in total. The van der Waals surface area contributed by atoms with Crippen molar-refractivity contribution >= 4 is 5.82 Å². The summed E-state index contributed by atoms with van der Waals surface area (Å²) < 4.78 is 1.47. The van der Waals surface area contributed by atoms with Crippen LogP contribution in [0.3, 0.4) is 0 Å². The molecule has 0 aliphatic heterocycles. The maximum absolute atomic E-state index is 11.9. The Morgan fingerprint density at radius 1 is 1.08 bits per heavy atom. The molecule has 128 valence electrons. The first-order valence-electron chi connectivity index (χ1n) is 8.20. The van der Waals surface area contributed by atoms with E-state index in [0.717, 1.165) is 37.1 Å². The predicted octanol–water partition coefficient (Wildman–Crippen LogP) is 0.111. The molecule has 3 rings (SSSR count). The smallest absolute Gasteiger partial charge is 0.354 e. The van der Waals surface area contributed by atoms with E-state index >= 15 is 0 Å². The van der Waals surface area contributed by atoms with Crippen LogP contribution < -0.4 is 28.2 Å². The molecule has 1 aromatic carbocycles. The standard InChI is InChI=1S/C17H24N6O/c18-12-7-13(19)9-14(8-12)21-10-11-1-3-15(4-2-11)23-6-5-16(20)22-17(23)24/h1-6,12-14,21H,7-10,18-19H2,(H2,20,22,24)/t12-,13+,14?. The van der Waals surface area contributed by atoms with Crippen molar-refractivity contribution in [3.8, 4) is 5.69 Å². The zero-order valence-electron chi connectivity index (χ0n) is 13.6. The van der Waals surface area contributed by atoms with Gasteiger partial charge in [-0.15, -0.1) is 0 Å². The summed E-state index contributed by atoms with van der Waals surface area (Å²) in [4.78, 5) is 15.6. The van der Waals surface area contributed by atoms with Crippen LogP contribution in [0.25, 0.3) is 5.69 Å². The van der Waals surface area contributed by atoms with Crippen LogP contribution in [0.5, 0.6) is 0 Å². The largest absolute Gasteiger partial charge is 0.383 e. The van der Waals surface area contributed by atoms with Crippen LogP contribution in [-0.4, -0.2) is 27.7 Å². The number of nitrogens with two attached hydrogens (primary N) is 3. The van der Waals surface area contributed by atoms with Crippen LogP contribution in [0.4, 0.5) is 5.82 Å². The van der Waals surface area contributed by atoms with Crippen molar-refractivity contribution in [3.63, 3.8) is 0 Å². The summed E-state index contributed by atoms with van der Waals surface area (Å²) in [5.41, 5.74) is 19.1. The van der Waals surface area contributed by atoms with E-state index in [1.165, 1.54) is 4.57 Å². The minimum Gasteiger partial charge on any atom is -0.383 e. The molecule has 0 saturated heterocycles. The summed E-state index contributed by atoms with van der Waals surface area (Å²) in [5.74, 6) is 0.223. The Bertz CT molecular complexity index is 731. The van der Waals surface area contributed by atoms with Crippen LogP contribution in [-0.2, 0) is 6.54 Å². The molecule has 24 heavy (non-hydrogen) atoms. The normalized spacial score (nSPS) is 24.0. The molecule has 1 heterocycles. The number of nitrogens with one attached hydrogen (secondary N) is 1. The van der Waals surface area contributed by atoms with Gasteiger partial charge in [0.1, 0.15) is 5.82 Å². The lowest BCUT2D eigenvalue weighted by Gasteiger charge is -2.31. The quantitative estimate of drug-likeness (QED) is 0.631. The lowest BCUT2D eigenvalue weighted by atomic mass is 9.88. The van der Waals surface area contributed by atoms with E-state index in [9.17, 15) is 4.79 Å². The molecule has 7 nitrogen and oxygen atoms in total. The minimum atomic E-state index is -0.383. The third-order valence-electron chi connectivity index (χ3n) is 4.41. The summed E-state index contributed by atoms with van der Waals surface area (Å²) in [7, 11) is 0. The zero-order chi connectivity index (χ0) is 17.1. The molecular formula is C17H24N6O. The molecule has 1 fully saturated rings. The molecule has 1 aromatic heterocycles. The highest BCUT2D eigenvalue weighted by atomic mass is 16.1. The maximum Gasteiger partial charge on any atom is 0.354 e. The molecule has 1 unspecified atom stereocenters. The monoisotopic (exact) mass is 328 g/mol. The van der Waals surface area contributed by atoms with Gasteiger partial charge in [0.2, 0.25) is 0 Å². The molecule has 2 aromatic rings. The number of aromatic nitrogens is 2. The highest BCUT2D eigenvalue weighted by molar-refractivity contribution is 5.36. The molecule has 1 aliphatic rings. The number of anilines is 1. The van der Waals surface area contributed by atoms with E-state index in [0.29, 0.717) is 6.04 Å². The third kappa shape index (κ3) is 4.00. The molecule has 0 radical (unpaired) electrons. The Morgan fingerprint density at radius 3 is 2.38 bits per heavy atom. The van der Waals surface area contributed by atoms with Crippen molar-refractivity contribution in [2.45, 2.75) is 43.9 Å². The van der Waals surface area contributed by atoms with Crippen LogP contribution in [0.1, 0.15) is 24.8 Å². The number of nitrogens with zero attached hydrogens (tertiary/aromatic N) is 2. The van der Waals surface area contributed by atoms with Gasteiger partial charge in [-0.3, -0.25) is 4.57 Å². The first kappa shape index (κ1) is 16.6. The molecule has 3 atom stereocenters. The van der Waals surface area contributed by atoms with Gasteiger partial charge in [-0.05, 0) is 43.0 Å². The van der Waals surface area contributed by atoms with Crippen molar-refractivity contribution in [2.75, 3.05) is 5.73 Å². The van der Waals surface area contributed by atoms with E-state index in [1.807, 2.05) is 24.3 Å². The van der Waals surface area contributed by atoms with Gasteiger partial charge in [0, 0.05) is 30.9 Å². The number of benzene rings is 1. The van der Waals surface area contributed by atoms with Crippen molar-refractivity contribution in [1.82, 2.24) is 14.9 Å². The summed E-state index contributed by atoms with van der Waals surface area (Å²) in [6, 6.07) is 10.1. The topological polar surface area (TPSA) is 125 Å². The van der Waals surface area contributed by atoms with E-state index in [2.05, 4.69) is 10.3 Å². The number of hydrogen-bond donors (Lipinski definition) is 4. The van der Waals surface area contributed by atoms with Crippen LogP contribution in [0, 0.1) is 0 Å². The van der Waals surface area contributed by atoms with Crippen LogP contribution >= 0.6 is 0 Å². The zero-order valence-corrected chi connectivity index (χ0v) is 13.6. The molecule has 0 bridgehead atoms. The summed E-state index contributed by atoms with van der Waals surface area (Å²) in [5, 5.41) is 3.52. The first-order valence-corrected chi connectivity index (χ1v) is 8.20.